The van der Waals surface area contributed by atoms with Gasteiger partial charge in [-0.15, -0.1) is 0 Å². The number of anilines is 1. The molecule has 0 saturated carbocycles. The largest absolute Gasteiger partial charge is 0.496 e. The highest BCUT2D eigenvalue weighted by Gasteiger charge is 2.17. The highest BCUT2D eigenvalue weighted by Crippen LogP contribution is 2.27. The Balaban J connectivity index is 2.01. The predicted molar refractivity (Wildman–Crippen MR) is 94.7 cm³/mol. The molecule has 0 aromatic heterocycles. The van der Waals surface area contributed by atoms with Crippen LogP contribution < -0.4 is 10.1 Å². The number of nitrogens with zero attached hydrogens (tertiary/aromatic N) is 1. The van der Waals surface area contributed by atoms with Gasteiger partial charge < -0.3 is 14.8 Å². The van der Waals surface area contributed by atoms with E-state index in [0.29, 0.717) is 5.75 Å². The lowest BCUT2D eigenvalue weighted by Crippen LogP contribution is -2.21. The third-order valence-electron chi connectivity index (χ3n) is 3.34. The van der Waals surface area contributed by atoms with E-state index in [0.717, 1.165) is 11.6 Å². The Morgan fingerprint density at radius 3 is 2.62 bits per heavy atom. The molecule has 0 heterocycles. The molecule has 0 bridgehead atoms. The summed E-state index contributed by atoms with van der Waals surface area (Å²) >= 11 is 5.70. The van der Waals surface area contributed by atoms with Crippen molar-refractivity contribution in [2.24, 2.45) is 0 Å². The van der Waals surface area contributed by atoms with E-state index in [2.05, 4.69) is 5.32 Å². The van der Waals surface area contributed by atoms with Crippen molar-refractivity contribution in [2.45, 2.75) is 6.92 Å². The third kappa shape index (κ3) is 4.70. The minimum Gasteiger partial charge on any atom is -0.496 e. The highest BCUT2D eigenvalue weighted by molar-refractivity contribution is 6.32. The molecule has 0 fully saturated rings. The summed E-state index contributed by atoms with van der Waals surface area (Å²) in [5.74, 6) is -1.04. The van der Waals surface area contributed by atoms with Crippen molar-refractivity contribution in [3.8, 4) is 5.75 Å². The maximum atomic E-state index is 12.1. The number of rotatable bonds is 6. The zero-order valence-electron chi connectivity index (χ0n) is 13.9. The maximum absolute atomic E-state index is 12.1. The van der Waals surface area contributed by atoms with Gasteiger partial charge in [0, 0.05) is 11.8 Å². The van der Waals surface area contributed by atoms with Gasteiger partial charge in [-0.1, -0.05) is 23.2 Å². The van der Waals surface area contributed by atoms with Crippen LogP contribution in [0.2, 0.25) is 5.02 Å². The Labute approximate surface area is 153 Å². The van der Waals surface area contributed by atoms with E-state index < -0.39 is 23.4 Å². The van der Waals surface area contributed by atoms with Gasteiger partial charge in [0.1, 0.15) is 16.3 Å². The van der Waals surface area contributed by atoms with Crippen molar-refractivity contribution in [1.82, 2.24) is 0 Å². The second-order valence-corrected chi connectivity index (χ2v) is 5.66. The first-order valence-corrected chi connectivity index (χ1v) is 7.75. The molecule has 0 aliphatic heterocycles. The molecule has 0 saturated heterocycles. The smallest absolute Gasteiger partial charge is 0.342 e. The minimum atomic E-state index is -0.720. The molecule has 2 rings (SSSR count). The SMILES string of the molecule is COc1ccc(C)cc1C(=O)OCC(=O)Nc1ccc(Cl)c([N+](=O)[O-])c1. The first kappa shape index (κ1) is 19.2. The van der Waals surface area contributed by atoms with Crippen LogP contribution in [0.3, 0.4) is 0 Å². The number of amides is 1. The molecular formula is C17H15ClN2O6. The number of hydrogen-bond donors (Lipinski definition) is 1. The van der Waals surface area contributed by atoms with E-state index in [4.69, 9.17) is 21.1 Å². The lowest BCUT2D eigenvalue weighted by molar-refractivity contribution is -0.384. The van der Waals surface area contributed by atoms with Crippen LogP contribution >= 0.6 is 11.6 Å². The normalized spacial score (nSPS) is 10.1. The molecule has 2 aromatic carbocycles. The van der Waals surface area contributed by atoms with Gasteiger partial charge in [0.25, 0.3) is 11.6 Å². The monoisotopic (exact) mass is 378 g/mol. The van der Waals surface area contributed by atoms with Gasteiger partial charge in [-0.05, 0) is 31.2 Å². The van der Waals surface area contributed by atoms with Crippen LogP contribution in [0, 0.1) is 17.0 Å². The number of carbonyl (C=O) groups excluding carboxylic acids is 2. The molecule has 136 valence electrons. The summed E-state index contributed by atoms with van der Waals surface area (Å²) in [5.41, 5.74) is 0.847. The zero-order valence-corrected chi connectivity index (χ0v) is 14.7. The number of aryl methyl sites for hydroxylation is 1. The summed E-state index contributed by atoms with van der Waals surface area (Å²) in [7, 11) is 1.42. The van der Waals surface area contributed by atoms with Crippen molar-refractivity contribution in [3.63, 3.8) is 0 Å². The molecule has 0 unspecified atom stereocenters. The van der Waals surface area contributed by atoms with E-state index in [1.165, 1.54) is 19.2 Å². The number of carbonyl (C=O) groups is 2. The number of methoxy groups -OCH3 is 1. The lowest BCUT2D eigenvalue weighted by atomic mass is 10.1. The van der Waals surface area contributed by atoms with Crippen molar-refractivity contribution >= 4 is 34.9 Å². The Kier molecular flexibility index (Phi) is 6.13. The summed E-state index contributed by atoms with van der Waals surface area (Å²) in [6, 6.07) is 8.79. The Morgan fingerprint density at radius 1 is 1.23 bits per heavy atom. The molecule has 0 aliphatic rings. The molecule has 9 heteroatoms. The van der Waals surface area contributed by atoms with Crippen LogP contribution in [0.1, 0.15) is 15.9 Å². The fourth-order valence-corrected chi connectivity index (χ4v) is 2.30. The molecule has 0 aliphatic carbocycles. The number of nitrogens with one attached hydrogen (secondary N) is 1. The summed E-state index contributed by atoms with van der Waals surface area (Å²) in [4.78, 5) is 34.2. The molecule has 0 radical (unpaired) electrons. The van der Waals surface area contributed by atoms with E-state index in [1.807, 2.05) is 0 Å². The van der Waals surface area contributed by atoms with Crippen LogP contribution in [-0.2, 0) is 9.53 Å². The Bertz CT molecular complexity index is 868. The quantitative estimate of drug-likeness (QED) is 0.469. The maximum Gasteiger partial charge on any atom is 0.342 e. The minimum absolute atomic E-state index is 0.0500. The summed E-state index contributed by atoms with van der Waals surface area (Å²) in [5, 5.41) is 13.2. The standard InChI is InChI=1S/C17H15ClN2O6/c1-10-3-6-15(25-2)12(7-10)17(22)26-9-16(21)19-11-4-5-13(18)14(8-11)20(23)24/h3-8H,9H2,1-2H3,(H,19,21). The van der Waals surface area contributed by atoms with Gasteiger partial charge in [-0.2, -0.15) is 0 Å². The first-order chi connectivity index (χ1) is 12.3. The van der Waals surface area contributed by atoms with Crippen molar-refractivity contribution < 1.29 is 24.0 Å². The van der Waals surface area contributed by atoms with E-state index in [-0.39, 0.29) is 22.0 Å². The third-order valence-corrected chi connectivity index (χ3v) is 3.66. The Morgan fingerprint density at radius 2 is 1.96 bits per heavy atom. The molecule has 1 amide bonds. The zero-order chi connectivity index (χ0) is 19.3. The van der Waals surface area contributed by atoms with Crippen LogP contribution in [0.4, 0.5) is 11.4 Å². The number of ether oxygens (including phenoxy) is 2. The van der Waals surface area contributed by atoms with Gasteiger partial charge in [0.2, 0.25) is 0 Å². The van der Waals surface area contributed by atoms with Crippen LogP contribution in [0.5, 0.6) is 5.75 Å². The molecule has 8 nitrogen and oxygen atoms in total. The summed E-state index contributed by atoms with van der Waals surface area (Å²) < 4.78 is 10.1. The summed E-state index contributed by atoms with van der Waals surface area (Å²) in [6.07, 6.45) is 0. The van der Waals surface area contributed by atoms with Crippen LogP contribution in [0.15, 0.2) is 36.4 Å². The second kappa shape index (κ2) is 8.30. The van der Waals surface area contributed by atoms with E-state index in [1.54, 1.807) is 25.1 Å². The fraction of sp³-hybridized carbons (Fsp3) is 0.176. The van der Waals surface area contributed by atoms with Crippen molar-refractivity contribution in [3.05, 3.63) is 62.7 Å². The second-order valence-electron chi connectivity index (χ2n) is 5.25. The van der Waals surface area contributed by atoms with Crippen LogP contribution in [0.25, 0.3) is 0 Å². The summed E-state index contributed by atoms with van der Waals surface area (Å²) in [6.45, 7) is 1.24. The predicted octanol–water partition coefficient (Wildman–Crippen LogP) is 3.36. The molecule has 0 atom stereocenters. The number of nitro benzene ring substituents is 1. The number of hydrogen-bond acceptors (Lipinski definition) is 6. The van der Waals surface area contributed by atoms with Gasteiger partial charge in [-0.25, -0.2) is 4.79 Å². The van der Waals surface area contributed by atoms with E-state index >= 15 is 0 Å². The number of nitro groups is 1. The van der Waals surface area contributed by atoms with Crippen molar-refractivity contribution in [1.29, 1.82) is 0 Å². The molecule has 2 aromatic rings. The number of esters is 1. The number of halogens is 1. The Hall–Kier alpha value is -3.13. The highest BCUT2D eigenvalue weighted by atomic mass is 35.5. The van der Waals surface area contributed by atoms with Gasteiger partial charge >= 0.3 is 5.97 Å². The van der Waals surface area contributed by atoms with Crippen molar-refractivity contribution in [2.75, 3.05) is 19.0 Å². The van der Waals surface area contributed by atoms with Gasteiger partial charge in [-0.3, -0.25) is 14.9 Å². The van der Waals surface area contributed by atoms with Gasteiger partial charge in [0.15, 0.2) is 6.61 Å². The topological polar surface area (TPSA) is 108 Å². The van der Waals surface area contributed by atoms with Gasteiger partial charge in [0.05, 0.1) is 12.0 Å². The molecular weight excluding hydrogens is 364 g/mol. The number of benzene rings is 2. The average molecular weight is 379 g/mol. The average Bonchev–Trinajstić information content (AvgIpc) is 2.61. The fourth-order valence-electron chi connectivity index (χ4n) is 2.12. The van der Waals surface area contributed by atoms with Crippen LogP contribution in [-0.4, -0.2) is 30.5 Å². The molecule has 26 heavy (non-hydrogen) atoms. The van der Waals surface area contributed by atoms with E-state index in [9.17, 15) is 19.7 Å². The molecule has 0 spiro atoms. The first-order valence-electron chi connectivity index (χ1n) is 7.37. The molecule has 1 N–H and O–H groups in total. The lowest BCUT2D eigenvalue weighted by Gasteiger charge is -2.10.